The molecule has 2 aromatic carbocycles. The lowest BCUT2D eigenvalue weighted by atomic mass is 9.73. The Morgan fingerprint density at radius 3 is 2.18 bits per heavy atom. The summed E-state index contributed by atoms with van der Waals surface area (Å²) in [5.41, 5.74) is 2.99. The Kier molecular flexibility index (Phi) is 6.18. The summed E-state index contributed by atoms with van der Waals surface area (Å²) >= 11 is 0. The zero-order chi connectivity index (χ0) is 20.4. The number of benzene rings is 2. The van der Waals surface area contributed by atoms with E-state index in [-0.39, 0.29) is 5.75 Å². The molecule has 0 unspecified atom stereocenters. The van der Waals surface area contributed by atoms with Gasteiger partial charge in [0.15, 0.2) is 0 Å². The van der Waals surface area contributed by atoms with Gasteiger partial charge in [-0.25, -0.2) is 0 Å². The first kappa shape index (κ1) is 20.9. The SMILES string of the molecule is COCCCCc1cc(-c2ccccc2)cc(O)c1B1OC(C)(C)C(C)(C)O1. The summed E-state index contributed by atoms with van der Waals surface area (Å²) in [5, 5.41) is 11.0. The van der Waals surface area contributed by atoms with Crippen LogP contribution < -0.4 is 5.46 Å². The van der Waals surface area contributed by atoms with Crippen LogP contribution in [0.15, 0.2) is 42.5 Å². The average Bonchev–Trinajstić information content (AvgIpc) is 2.86. The Bertz CT molecular complexity index is 786. The fraction of sp³-hybridized carbons (Fsp3) is 0.478. The van der Waals surface area contributed by atoms with E-state index < -0.39 is 18.3 Å². The molecule has 4 nitrogen and oxygen atoms in total. The molecule has 1 aliphatic rings. The van der Waals surface area contributed by atoms with E-state index in [2.05, 4.69) is 18.2 Å². The highest BCUT2D eigenvalue weighted by Gasteiger charge is 2.53. The number of methoxy groups -OCH3 is 1. The van der Waals surface area contributed by atoms with Gasteiger partial charge in [-0.2, -0.15) is 0 Å². The molecule has 0 saturated carbocycles. The van der Waals surface area contributed by atoms with Crippen molar-refractivity contribution in [1.82, 2.24) is 0 Å². The van der Waals surface area contributed by atoms with Gasteiger partial charge in [-0.3, -0.25) is 0 Å². The minimum absolute atomic E-state index is 0.224. The summed E-state index contributed by atoms with van der Waals surface area (Å²) in [6, 6.07) is 14.1. The molecule has 0 bridgehead atoms. The first-order chi connectivity index (χ1) is 13.2. The Hall–Kier alpha value is -1.82. The van der Waals surface area contributed by atoms with Gasteiger partial charge in [0.2, 0.25) is 0 Å². The maximum atomic E-state index is 11.0. The highest BCUT2D eigenvalue weighted by atomic mass is 16.7. The van der Waals surface area contributed by atoms with Gasteiger partial charge in [0.25, 0.3) is 0 Å². The van der Waals surface area contributed by atoms with Crippen molar-refractivity contribution in [1.29, 1.82) is 0 Å². The van der Waals surface area contributed by atoms with Crippen molar-refractivity contribution in [3.63, 3.8) is 0 Å². The molecule has 3 rings (SSSR count). The smallest absolute Gasteiger partial charge is 0.498 e. The standard InChI is InChI=1S/C23H31BO4/c1-22(2)23(3,4)28-24(27-22)21-18(13-9-10-14-26-5)15-19(16-20(21)25)17-11-7-6-8-12-17/h6-8,11-12,15-16,25H,9-10,13-14H2,1-5H3. The van der Waals surface area contributed by atoms with Crippen LogP contribution in [0.25, 0.3) is 11.1 Å². The molecule has 0 spiro atoms. The van der Waals surface area contributed by atoms with Gasteiger partial charge in [0.1, 0.15) is 5.75 Å². The first-order valence-electron chi connectivity index (χ1n) is 10.0. The summed E-state index contributed by atoms with van der Waals surface area (Å²) in [6.45, 7) is 8.85. The maximum absolute atomic E-state index is 11.0. The zero-order valence-electron chi connectivity index (χ0n) is 17.6. The van der Waals surface area contributed by atoms with Crippen LogP contribution in [0.4, 0.5) is 0 Å². The van der Waals surface area contributed by atoms with Crippen LogP contribution in [0.3, 0.4) is 0 Å². The monoisotopic (exact) mass is 382 g/mol. The predicted molar refractivity (Wildman–Crippen MR) is 114 cm³/mol. The van der Waals surface area contributed by atoms with Crippen LogP contribution in [0.5, 0.6) is 5.75 Å². The summed E-state index contributed by atoms with van der Waals surface area (Å²) < 4.78 is 17.7. The summed E-state index contributed by atoms with van der Waals surface area (Å²) in [5.74, 6) is 0.224. The van der Waals surface area contributed by atoms with Crippen LogP contribution in [0, 0.1) is 0 Å². The average molecular weight is 382 g/mol. The number of phenols is 1. The van der Waals surface area contributed by atoms with E-state index in [4.69, 9.17) is 14.0 Å². The Labute approximate surface area is 169 Å². The fourth-order valence-electron chi connectivity index (χ4n) is 3.50. The van der Waals surface area contributed by atoms with Gasteiger partial charge in [-0.15, -0.1) is 0 Å². The molecule has 0 radical (unpaired) electrons. The van der Waals surface area contributed by atoms with E-state index in [1.54, 1.807) is 7.11 Å². The van der Waals surface area contributed by atoms with Gasteiger partial charge in [0, 0.05) is 19.2 Å². The fourth-order valence-corrected chi connectivity index (χ4v) is 3.50. The largest absolute Gasteiger partial charge is 0.508 e. The molecular weight excluding hydrogens is 351 g/mol. The molecule has 1 aliphatic heterocycles. The first-order valence-corrected chi connectivity index (χ1v) is 10.0. The van der Waals surface area contributed by atoms with Gasteiger partial charge in [0.05, 0.1) is 11.2 Å². The quantitative estimate of drug-likeness (QED) is 0.572. The van der Waals surface area contributed by atoms with Crippen LogP contribution in [0.1, 0.15) is 46.1 Å². The molecule has 28 heavy (non-hydrogen) atoms. The van der Waals surface area contributed by atoms with Crippen molar-refractivity contribution < 1.29 is 19.2 Å². The number of hydrogen-bond donors (Lipinski definition) is 1. The molecular formula is C23H31BO4. The zero-order valence-corrected chi connectivity index (χ0v) is 17.6. The van der Waals surface area contributed by atoms with E-state index in [0.717, 1.165) is 48.0 Å². The number of hydrogen-bond acceptors (Lipinski definition) is 4. The van der Waals surface area contributed by atoms with E-state index >= 15 is 0 Å². The van der Waals surface area contributed by atoms with E-state index in [1.165, 1.54) is 0 Å². The van der Waals surface area contributed by atoms with Crippen molar-refractivity contribution in [2.75, 3.05) is 13.7 Å². The van der Waals surface area contributed by atoms with Crippen molar-refractivity contribution in [3.05, 3.63) is 48.0 Å². The van der Waals surface area contributed by atoms with Crippen LogP contribution >= 0.6 is 0 Å². The minimum Gasteiger partial charge on any atom is -0.508 e. The van der Waals surface area contributed by atoms with Crippen molar-refractivity contribution in [2.24, 2.45) is 0 Å². The van der Waals surface area contributed by atoms with Crippen LogP contribution in [-0.4, -0.2) is 37.1 Å². The second-order valence-corrected chi connectivity index (χ2v) is 8.47. The molecule has 5 heteroatoms. The van der Waals surface area contributed by atoms with Crippen LogP contribution in [-0.2, 0) is 20.5 Å². The third-order valence-electron chi connectivity index (χ3n) is 5.88. The Morgan fingerprint density at radius 1 is 0.929 bits per heavy atom. The van der Waals surface area contributed by atoms with Crippen LogP contribution in [0.2, 0.25) is 0 Å². The number of ether oxygens (including phenoxy) is 1. The second-order valence-electron chi connectivity index (χ2n) is 8.47. The Balaban J connectivity index is 1.98. The van der Waals surface area contributed by atoms with E-state index in [9.17, 15) is 5.11 Å². The lowest BCUT2D eigenvalue weighted by molar-refractivity contribution is 0.00578. The predicted octanol–water partition coefficient (Wildman–Crippen LogP) is 4.33. The van der Waals surface area contributed by atoms with Crippen molar-refractivity contribution >= 4 is 12.6 Å². The molecule has 1 saturated heterocycles. The van der Waals surface area contributed by atoms with Gasteiger partial charge >= 0.3 is 7.12 Å². The number of unbranched alkanes of at least 4 members (excludes halogenated alkanes) is 1. The lowest BCUT2D eigenvalue weighted by Crippen LogP contribution is -2.41. The molecule has 150 valence electrons. The van der Waals surface area contributed by atoms with E-state index in [1.807, 2.05) is 52.0 Å². The topological polar surface area (TPSA) is 47.9 Å². The summed E-state index contributed by atoms with van der Waals surface area (Å²) in [6.07, 6.45) is 2.77. The van der Waals surface area contributed by atoms with Crippen molar-refractivity contribution in [3.8, 4) is 16.9 Å². The van der Waals surface area contributed by atoms with Crippen molar-refractivity contribution in [2.45, 2.75) is 58.2 Å². The molecule has 0 amide bonds. The third-order valence-corrected chi connectivity index (χ3v) is 5.88. The second kappa shape index (κ2) is 8.28. The molecule has 0 atom stereocenters. The summed E-state index contributed by atoms with van der Waals surface area (Å²) in [4.78, 5) is 0. The number of aryl methyl sites for hydroxylation is 1. The highest BCUT2D eigenvalue weighted by molar-refractivity contribution is 6.63. The molecule has 0 aliphatic carbocycles. The van der Waals surface area contributed by atoms with E-state index in [0.29, 0.717) is 0 Å². The van der Waals surface area contributed by atoms with Gasteiger partial charge < -0.3 is 19.2 Å². The maximum Gasteiger partial charge on any atom is 0.498 e. The molecule has 1 N–H and O–H groups in total. The molecule has 0 aromatic heterocycles. The third kappa shape index (κ3) is 4.27. The molecule has 1 fully saturated rings. The highest BCUT2D eigenvalue weighted by Crippen LogP contribution is 2.38. The number of aromatic hydroxyl groups is 1. The minimum atomic E-state index is -0.577. The lowest BCUT2D eigenvalue weighted by Gasteiger charge is -2.32. The number of phenolic OH excluding ortho intramolecular Hbond substituents is 1. The normalized spacial score (nSPS) is 17.8. The number of rotatable bonds is 7. The summed E-state index contributed by atoms with van der Waals surface area (Å²) in [7, 11) is 1.14. The van der Waals surface area contributed by atoms with Gasteiger partial charge in [-0.05, 0) is 69.7 Å². The van der Waals surface area contributed by atoms with Gasteiger partial charge in [-0.1, -0.05) is 36.4 Å². The Morgan fingerprint density at radius 2 is 1.57 bits per heavy atom. The molecule has 2 aromatic rings. The molecule has 1 heterocycles.